The number of alkyl halides is 3. The summed E-state index contributed by atoms with van der Waals surface area (Å²) in [5.74, 6) is 0.480. The molecule has 28 heavy (non-hydrogen) atoms. The van der Waals surface area contributed by atoms with Crippen LogP contribution in [0.25, 0.3) is 11.1 Å². The van der Waals surface area contributed by atoms with E-state index in [9.17, 15) is 13.2 Å². The van der Waals surface area contributed by atoms with Gasteiger partial charge in [-0.15, -0.1) is 0 Å². The molecule has 0 saturated heterocycles. The van der Waals surface area contributed by atoms with Crippen LogP contribution in [0.3, 0.4) is 0 Å². The quantitative estimate of drug-likeness (QED) is 0.470. The number of hydrogen-bond donors (Lipinski definition) is 0. The second-order valence-corrected chi connectivity index (χ2v) is 8.41. The maximum absolute atomic E-state index is 12.8. The van der Waals surface area contributed by atoms with Crippen LogP contribution in [0.1, 0.15) is 63.5 Å². The largest absolute Gasteiger partial charge is 0.482 e. The van der Waals surface area contributed by atoms with Gasteiger partial charge in [-0.25, -0.2) is 0 Å². The summed E-state index contributed by atoms with van der Waals surface area (Å²) in [6.07, 6.45) is -0.115. The molecule has 5 heteroatoms. The highest BCUT2D eigenvalue weighted by atomic mass is 35.5. The van der Waals surface area contributed by atoms with E-state index in [4.69, 9.17) is 16.3 Å². The third kappa shape index (κ3) is 4.32. The van der Waals surface area contributed by atoms with Crippen molar-refractivity contribution in [1.29, 1.82) is 0 Å². The zero-order valence-corrected chi connectivity index (χ0v) is 17.3. The summed E-state index contributed by atoms with van der Waals surface area (Å²) in [4.78, 5) is 0. The fourth-order valence-corrected chi connectivity index (χ4v) is 4.19. The Morgan fingerprint density at radius 2 is 1.75 bits per heavy atom. The van der Waals surface area contributed by atoms with Gasteiger partial charge in [0.25, 0.3) is 0 Å². The molecule has 152 valence electrons. The Labute approximate surface area is 169 Å². The minimum absolute atomic E-state index is 0.0683. The van der Waals surface area contributed by atoms with Gasteiger partial charge >= 0.3 is 6.18 Å². The van der Waals surface area contributed by atoms with E-state index in [1.165, 1.54) is 5.56 Å². The first-order valence-electron chi connectivity index (χ1n) is 9.79. The number of benzene rings is 2. The number of halogens is 4. The van der Waals surface area contributed by atoms with Gasteiger partial charge in [0.2, 0.25) is 0 Å². The van der Waals surface area contributed by atoms with Gasteiger partial charge in [-0.05, 0) is 59.4 Å². The van der Waals surface area contributed by atoms with Gasteiger partial charge in [0.05, 0.1) is 5.02 Å². The maximum Gasteiger partial charge on any atom is 0.422 e. The molecule has 2 aromatic rings. The average Bonchev–Trinajstić information content (AvgIpc) is 2.59. The number of rotatable bonds is 6. The van der Waals surface area contributed by atoms with Gasteiger partial charge in [0.1, 0.15) is 5.75 Å². The van der Waals surface area contributed by atoms with Crippen molar-refractivity contribution in [2.45, 2.75) is 64.0 Å². The molecule has 1 aliphatic rings. The molecule has 0 heterocycles. The first kappa shape index (κ1) is 21.0. The fourth-order valence-electron chi connectivity index (χ4n) is 3.91. The van der Waals surface area contributed by atoms with Crippen molar-refractivity contribution in [3.63, 3.8) is 0 Å². The highest BCUT2D eigenvalue weighted by Gasteiger charge is 2.38. The van der Waals surface area contributed by atoms with Crippen LogP contribution in [-0.2, 0) is 5.41 Å². The smallest absolute Gasteiger partial charge is 0.422 e. The summed E-state index contributed by atoms with van der Waals surface area (Å²) in [5.41, 5.74) is 3.78. The second-order valence-electron chi connectivity index (χ2n) is 8.00. The van der Waals surface area contributed by atoms with E-state index >= 15 is 0 Å². The summed E-state index contributed by atoms with van der Waals surface area (Å²) in [6.45, 7) is 5.00. The van der Waals surface area contributed by atoms with Crippen molar-refractivity contribution in [2.24, 2.45) is 0 Å². The van der Waals surface area contributed by atoms with Crippen LogP contribution in [0, 0.1) is 0 Å². The Bertz CT molecular complexity index is 815. The Morgan fingerprint density at radius 3 is 2.21 bits per heavy atom. The molecule has 0 amide bonds. The third-order valence-corrected chi connectivity index (χ3v) is 6.19. The van der Waals surface area contributed by atoms with Crippen molar-refractivity contribution in [3.8, 4) is 16.9 Å². The first-order valence-corrected chi connectivity index (χ1v) is 10.2. The Balaban J connectivity index is 2.08. The Morgan fingerprint density at radius 1 is 1.11 bits per heavy atom. The molecule has 1 saturated carbocycles. The zero-order valence-electron chi connectivity index (χ0n) is 16.5. The van der Waals surface area contributed by atoms with Crippen LogP contribution in [0.5, 0.6) is 5.75 Å². The lowest BCUT2D eigenvalue weighted by atomic mass is 9.62. The molecule has 1 aliphatic carbocycles. The van der Waals surface area contributed by atoms with Crippen LogP contribution in [0.15, 0.2) is 36.4 Å². The SMILES string of the molecule is CCC1(c2cc(Cl)c(OCC(F)(F)F)c(-c3ccc(C(C)C)cc3)c2)CCC1. The van der Waals surface area contributed by atoms with Crippen molar-refractivity contribution in [3.05, 3.63) is 52.5 Å². The monoisotopic (exact) mass is 410 g/mol. The minimum atomic E-state index is -4.42. The summed E-state index contributed by atoms with van der Waals surface area (Å²) in [7, 11) is 0. The van der Waals surface area contributed by atoms with Gasteiger partial charge < -0.3 is 4.74 Å². The Kier molecular flexibility index (Phi) is 6.00. The molecule has 0 unspecified atom stereocenters. The van der Waals surface area contributed by atoms with E-state index in [-0.39, 0.29) is 16.2 Å². The lowest BCUT2D eigenvalue weighted by Gasteiger charge is -2.42. The average molecular weight is 411 g/mol. The van der Waals surface area contributed by atoms with Gasteiger partial charge in [0, 0.05) is 5.56 Å². The molecule has 1 fully saturated rings. The summed E-state index contributed by atoms with van der Waals surface area (Å²) in [6, 6.07) is 11.7. The molecule has 3 rings (SSSR count). The maximum atomic E-state index is 12.8. The molecule has 0 N–H and O–H groups in total. The number of hydrogen-bond acceptors (Lipinski definition) is 1. The topological polar surface area (TPSA) is 9.23 Å². The standard InChI is InChI=1S/C23H26ClF3O/c1-4-22(10-5-11-22)18-12-19(17-8-6-16(7-9-17)15(2)3)21(20(24)13-18)28-14-23(25,26)27/h6-9,12-13,15H,4-5,10-11,14H2,1-3H3. The predicted molar refractivity (Wildman–Crippen MR) is 108 cm³/mol. The summed E-state index contributed by atoms with van der Waals surface area (Å²) in [5, 5.41) is 0.240. The molecule has 0 aliphatic heterocycles. The molecule has 1 nitrogen and oxygen atoms in total. The van der Waals surface area contributed by atoms with Crippen LogP contribution in [0.2, 0.25) is 5.02 Å². The van der Waals surface area contributed by atoms with Gasteiger partial charge in [-0.3, -0.25) is 0 Å². The normalized spacial score (nSPS) is 16.1. The van der Waals surface area contributed by atoms with Crippen molar-refractivity contribution in [1.82, 2.24) is 0 Å². The lowest BCUT2D eigenvalue weighted by molar-refractivity contribution is -0.153. The van der Waals surface area contributed by atoms with E-state index in [0.717, 1.165) is 36.8 Å². The second kappa shape index (κ2) is 7.98. The molecule has 0 radical (unpaired) electrons. The van der Waals surface area contributed by atoms with E-state index < -0.39 is 12.8 Å². The molecule has 0 spiro atoms. The van der Waals surface area contributed by atoms with Crippen molar-refractivity contribution in [2.75, 3.05) is 6.61 Å². The lowest BCUT2D eigenvalue weighted by Crippen LogP contribution is -2.33. The minimum Gasteiger partial charge on any atom is -0.482 e. The Hall–Kier alpha value is -1.68. The highest BCUT2D eigenvalue weighted by Crippen LogP contribution is 2.50. The van der Waals surface area contributed by atoms with Crippen molar-refractivity contribution < 1.29 is 17.9 Å². The first-order chi connectivity index (χ1) is 13.1. The zero-order chi connectivity index (χ0) is 20.5. The number of ether oxygens (including phenoxy) is 1. The van der Waals surface area contributed by atoms with Gasteiger partial charge in [-0.1, -0.05) is 63.1 Å². The van der Waals surface area contributed by atoms with Crippen LogP contribution in [-0.4, -0.2) is 12.8 Å². The molecule has 0 bridgehead atoms. The molecule has 0 aromatic heterocycles. The molecule has 2 aromatic carbocycles. The van der Waals surface area contributed by atoms with E-state index in [2.05, 4.69) is 20.8 Å². The molecule has 0 atom stereocenters. The highest BCUT2D eigenvalue weighted by molar-refractivity contribution is 6.32. The van der Waals surface area contributed by atoms with Crippen LogP contribution >= 0.6 is 11.6 Å². The summed E-state index contributed by atoms with van der Waals surface area (Å²) < 4.78 is 43.5. The predicted octanol–water partition coefficient (Wildman–Crippen LogP) is 7.90. The molecular weight excluding hydrogens is 385 g/mol. The molecular formula is C23H26ClF3O. The van der Waals surface area contributed by atoms with E-state index in [1.54, 1.807) is 6.07 Å². The van der Waals surface area contributed by atoms with Gasteiger partial charge in [0.15, 0.2) is 6.61 Å². The fraction of sp³-hybridized carbons (Fsp3) is 0.478. The summed E-state index contributed by atoms with van der Waals surface area (Å²) >= 11 is 6.45. The van der Waals surface area contributed by atoms with E-state index in [1.807, 2.05) is 30.3 Å². The van der Waals surface area contributed by atoms with E-state index in [0.29, 0.717) is 11.5 Å². The van der Waals surface area contributed by atoms with Crippen molar-refractivity contribution >= 4 is 11.6 Å². The van der Waals surface area contributed by atoms with Crippen LogP contribution in [0.4, 0.5) is 13.2 Å². The third-order valence-electron chi connectivity index (χ3n) is 5.91. The van der Waals surface area contributed by atoms with Gasteiger partial charge in [-0.2, -0.15) is 13.2 Å². The van der Waals surface area contributed by atoms with Crippen LogP contribution < -0.4 is 4.74 Å².